The number of hydrogen-bond acceptors (Lipinski definition) is 4. The first kappa shape index (κ1) is 14.6. The van der Waals surface area contributed by atoms with E-state index in [1.54, 1.807) is 10.9 Å². The van der Waals surface area contributed by atoms with E-state index < -0.39 is 0 Å². The smallest absolute Gasteiger partial charge is 0.254 e. The molecule has 1 aliphatic heterocycles. The van der Waals surface area contributed by atoms with E-state index in [-0.39, 0.29) is 11.9 Å². The van der Waals surface area contributed by atoms with Crippen molar-refractivity contribution in [2.75, 3.05) is 0 Å². The maximum absolute atomic E-state index is 12.7. The van der Waals surface area contributed by atoms with Crippen LogP contribution in [0.3, 0.4) is 0 Å². The molecule has 0 radical (unpaired) electrons. The maximum atomic E-state index is 12.7. The molecule has 0 saturated heterocycles. The quantitative estimate of drug-likeness (QED) is 0.784. The molecule has 1 atom stereocenters. The number of aromatic nitrogens is 5. The van der Waals surface area contributed by atoms with Crippen molar-refractivity contribution in [1.82, 2.24) is 29.9 Å². The molecule has 0 saturated carbocycles. The summed E-state index contributed by atoms with van der Waals surface area (Å²) < 4.78 is 3.71. The molecule has 0 bridgehead atoms. The summed E-state index contributed by atoms with van der Waals surface area (Å²) in [7, 11) is 1.87. The first-order valence-electron chi connectivity index (χ1n) is 7.94. The fraction of sp³-hybridized carbons (Fsp3) is 0.294. The minimum absolute atomic E-state index is 0.0903. The van der Waals surface area contributed by atoms with Crippen molar-refractivity contribution >= 4 is 5.91 Å². The Balaban J connectivity index is 1.92. The molecule has 1 aromatic carbocycles. The van der Waals surface area contributed by atoms with Crippen LogP contribution in [0.2, 0.25) is 0 Å². The van der Waals surface area contributed by atoms with Gasteiger partial charge in [-0.15, -0.1) is 10.2 Å². The molecule has 7 nitrogen and oxygen atoms in total. The molecule has 3 aromatic rings. The maximum Gasteiger partial charge on any atom is 0.254 e. The lowest BCUT2D eigenvalue weighted by atomic mass is 10.0. The third-order valence-electron chi connectivity index (χ3n) is 4.40. The SMILES string of the molecule is CC[C@@H]1NC(=O)c2cc(-c3cnn(C)c3)ccc2-n2c(C)nnc21. The largest absolute Gasteiger partial charge is 0.342 e. The van der Waals surface area contributed by atoms with Gasteiger partial charge >= 0.3 is 0 Å². The molecule has 7 heteroatoms. The highest BCUT2D eigenvalue weighted by Gasteiger charge is 2.28. The summed E-state index contributed by atoms with van der Waals surface area (Å²) >= 11 is 0. The summed E-state index contributed by atoms with van der Waals surface area (Å²) in [5, 5.41) is 15.7. The number of rotatable bonds is 2. The van der Waals surface area contributed by atoms with Crippen LogP contribution in [-0.4, -0.2) is 30.5 Å². The molecular weight excluding hydrogens is 304 g/mol. The van der Waals surface area contributed by atoms with Crippen molar-refractivity contribution in [2.45, 2.75) is 26.3 Å². The Morgan fingerprint density at radius 1 is 1.25 bits per heavy atom. The van der Waals surface area contributed by atoms with E-state index in [0.29, 0.717) is 5.56 Å². The summed E-state index contributed by atoms with van der Waals surface area (Å²) in [6.45, 7) is 3.92. The summed E-state index contributed by atoms with van der Waals surface area (Å²) in [4.78, 5) is 12.7. The van der Waals surface area contributed by atoms with Gasteiger partial charge in [-0.3, -0.25) is 14.0 Å². The Morgan fingerprint density at radius 2 is 2.08 bits per heavy atom. The Kier molecular flexibility index (Phi) is 3.23. The van der Waals surface area contributed by atoms with Gasteiger partial charge in [0.05, 0.1) is 23.5 Å². The minimum Gasteiger partial charge on any atom is -0.342 e. The van der Waals surface area contributed by atoms with Gasteiger partial charge in [0.2, 0.25) is 0 Å². The number of nitrogens with zero attached hydrogens (tertiary/aromatic N) is 5. The third-order valence-corrected chi connectivity index (χ3v) is 4.40. The van der Waals surface area contributed by atoms with Gasteiger partial charge in [-0.1, -0.05) is 13.0 Å². The predicted molar refractivity (Wildman–Crippen MR) is 88.8 cm³/mol. The zero-order valence-electron chi connectivity index (χ0n) is 13.8. The standard InChI is InChI=1S/C17H18N6O/c1-4-14-16-21-20-10(2)23(16)15-6-5-11(7-13(15)17(24)19-14)12-8-18-22(3)9-12/h5-9,14H,4H2,1-3H3,(H,19,24)/t14-/m0/s1. The van der Waals surface area contributed by atoms with Crippen molar-refractivity contribution in [3.63, 3.8) is 0 Å². The lowest BCUT2D eigenvalue weighted by Crippen LogP contribution is -2.27. The van der Waals surface area contributed by atoms with Gasteiger partial charge in [-0.25, -0.2) is 0 Å². The van der Waals surface area contributed by atoms with Gasteiger partial charge in [-0.2, -0.15) is 5.10 Å². The van der Waals surface area contributed by atoms with Crippen LogP contribution in [0.15, 0.2) is 30.6 Å². The van der Waals surface area contributed by atoms with E-state index in [4.69, 9.17) is 0 Å². The Labute approximate surface area is 139 Å². The number of nitrogens with one attached hydrogen (secondary N) is 1. The fourth-order valence-electron chi connectivity index (χ4n) is 3.15. The van der Waals surface area contributed by atoms with E-state index in [1.807, 2.05) is 49.9 Å². The summed E-state index contributed by atoms with van der Waals surface area (Å²) in [6.07, 6.45) is 4.48. The van der Waals surface area contributed by atoms with Gasteiger partial charge in [0.25, 0.3) is 5.91 Å². The normalized spacial score (nSPS) is 16.3. The lowest BCUT2D eigenvalue weighted by Gasteiger charge is -2.12. The topological polar surface area (TPSA) is 77.6 Å². The zero-order valence-corrected chi connectivity index (χ0v) is 13.8. The summed E-state index contributed by atoms with van der Waals surface area (Å²) in [6, 6.07) is 5.71. The fourth-order valence-corrected chi connectivity index (χ4v) is 3.15. The zero-order chi connectivity index (χ0) is 16.8. The van der Waals surface area contributed by atoms with E-state index >= 15 is 0 Å². The van der Waals surface area contributed by atoms with Crippen LogP contribution in [0.5, 0.6) is 0 Å². The second-order valence-corrected chi connectivity index (χ2v) is 6.01. The predicted octanol–water partition coefficient (Wildman–Crippen LogP) is 2.17. The molecule has 24 heavy (non-hydrogen) atoms. The van der Waals surface area contributed by atoms with Gasteiger partial charge in [0.1, 0.15) is 5.82 Å². The van der Waals surface area contributed by atoms with Gasteiger partial charge < -0.3 is 5.32 Å². The molecule has 2 aromatic heterocycles. The van der Waals surface area contributed by atoms with E-state index in [1.165, 1.54) is 0 Å². The number of benzene rings is 1. The molecule has 0 fully saturated rings. The van der Waals surface area contributed by atoms with Crippen LogP contribution < -0.4 is 5.32 Å². The highest BCUT2D eigenvalue weighted by atomic mass is 16.1. The number of carbonyl (C=O) groups excluding carboxylic acids is 1. The van der Waals surface area contributed by atoms with Gasteiger partial charge in [0.15, 0.2) is 5.82 Å². The van der Waals surface area contributed by atoms with E-state index in [0.717, 1.165) is 34.9 Å². The van der Waals surface area contributed by atoms with E-state index in [9.17, 15) is 4.79 Å². The van der Waals surface area contributed by atoms with Crippen LogP contribution in [0.1, 0.15) is 41.4 Å². The summed E-state index contributed by atoms with van der Waals surface area (Å²) in [5.41, 5.74) is 3.37. The van der Waals surface area contributed by atoms with Gasteiger partial charge in [-0.05, 0) is 31.0 Å². The molecule has 3 heterocycles. The molecule has 1 aliphatic rings. The second-order valence-electron chi connectivity index (χ2n) is 6.01. The monoisotopic (exact) mass is 322 g/mol. The number of fused-ring (bicyclic) bond motifs is 3. The number of hydrogen-bond donors (Lipinski definition) is 1. The summed E-state index contributed by atoms with van der Waals surface area (Å²) in [5.74, 6) is 1.46. The van der Waals surface area contributed by atoms with Crippen LogP contribution in [0.25, 0.3) is 16.8 Å². The van der Waals surface area contributed by atoms with Crippen LogP contribution in [0.4, 0.5) is 0 Å². The van der Waals surface area contributed by atoms with Crippen molar-refractivity contribution in [1.29, 1.82) is 0 Å². The number of amides is 1. The number of carbonyl (C=O) groups is 1. The Morgan fingerprint density at radius 3 is 2.79 bits per heavy atom. The molecule has 4 rings (SSSR count). The van der Waals surface area contributed by atoms with Crippen molar-refractivity contribution in [3.05, 3.63) is 47.8 Å². The van der Waals surface area contributed by atoms with Crippen LogP contribution in [0, 0.1) is 6.92 Å². The molecule has 0 spiro atoms. The van der Waals surface area contributed by atoms with Crippen molar-refractivity contribution in [3.8, 4) is 16.8 Å². The molecule has 1 amide bonds. The highest BCUT2D eigenvalue weighted by molar-refractivity contribution is 6.00. The molecule has 0 aliphatic carbocycles. The van der Waals surface area contributed by atoms with Crippen LogP contribution >= 0.6 is 0 Å². The molecule has 122 valence electrons. The van der Waals surface area contributed by atoms with Crippen LogP contribution in [-0.2, 0) is 7.05 Å². The third kappa shape index (κ3) is 2.12. The van der Waals surface area contributed by atoms with Crippen molar-refractivity contribution in [2.24, 2.45) is 7.05 Å². The first-order chi connectivity index (χ1) is 11.6. The first-order valence-corrected chi connectivity index (χ1v) is 7.94. The number of aryl methyl sites for hydroxylation is 2. The second kappa shape index (κ2) is 5.30. The Bertz CT molecular complexity index is 938. The van der Waals surface area contributed by atoms with Gasteiger partial charge in [0, 0.05) is 18.8 Å². The average Bonchev–Trinajstić information content (AvgIpc) is 3.15. The van der Waals surface area contributed by atoms with E-state index in [2.05, 4.69) is 20.6 Å². The molecule has 0 unspecified atom stereocenters. The average molecular weight is 322 g/mol. The van der Waals surface area contributed by atoms with Crippen molar-refractivity contribution < 1.29 is 4.79 Å². The highest BCUT2D eigenvalue weighted by Crippen LogP contribution is 2.30. The Hall–Kier alpha value is -2.96. The lowest BCUT2D eigenvalue weighted by molar-refractivity contribution is 0.0937. The minimum atomic E-state index is -0.145. The molecule has 1 N–H and O–H groups in total. The molecular formula is C17H18N6O.